The Balaban J connectivity index is 0.000000238. The molecule has 0 unspecified atom stereocenters. The molecule has 2 rings (SSSR count). The average molecular weight is 363 g/mol. The number of halogens is 4. The predicted molar refractivity (Wildman–Crippen MR) is 82.0 cm³/mol. The van der Waals surface area contributed by atoms with Gasteiger partial charge in [0.2, 0.25) is 0 Å². The molecule has 0 bridgehead atoms. The van der Waals surface area contributed by atoms with Gasteiger partial charge in [-0.3, -0.25) is 9.59 Å². The largest absolute Gasteiger partial charge is 0.507 e. The molecule has 0 saturated heterocycles. The Morgan fingerprint density at radius 1 is 0.957 bits per heavy atom. The van der Waals surface area contributed by atoms with Crippen LogP contribution in [0.15, 0.2) is 36.4 Å². The summed E-state index contributed by atoms with van der Waals surface area (Å²) < 4.78 is 27.6. The van der Waals surface area contributed by atoms with E-state index in [0.29, 0.717) is 12.6 Å². The molecule has 0 spiro atoms. The quantitative estimate of drug-likeness (QED) is 0.806. The third kappa shape index (κ3) is 5.50. The summed E-state index contributed by atoms with van der Waals surface area (Å²) in [5.41, 5.74) is 0.0774. The van der Waals surface area contributed by atoms with E-state index in [4.69, 9.17) is 28.3 Å². The Bertz CT molecular complexity index is 673. The van der Waals surface area contributed by atoms with Crippen LogP contribution in [0.1, 0.15) is 20.7 Å². The van der Waals surface area contributed by atoms with Crippen LogP contribution in [0, 0.1) is 0 Å². The minimum Gasteiger partial charge on any atom is -0.507 e. The second-order valence-corrected chi connectivity index (χ2v) is 4.75. The Morgan fingerprint density at radius 2 is 1.48 bits per heavy atom. The van der Waals surface area contributed by atoms with Gasteiger partial charge in [0.05, 0.1) is 21.2 Å². The maximum atomic E-state index is 11.8. The highest BCUT2D eigenvalue weighted by atomic mass is 35.5. The Hall–Kier alpha value is -2.18. The highest BCUT2D eigenvalue weighted by Gasteiger charge is 2.11. The SMILES string of the molecule is O=Cc1c(Cl)cccc1OC(F)F.O=Cc1c(O)cccc1Cl. The Kier molecular flexibility index (Phi) is 7.44. The van der Waals surface area contributed by atoms with Crippen LogP contribution in [-0.2, 0) is 0 Å². The summed E-state index contributed by atoms with van der Waals surface area (Å²) in [4.78, 5) is 20.6. The fourth-order valence-corrected chi connectivity index (χ4v) is 1.90. The van der Waals surface area contributed by atoms with Gasteiger partial charge in [-0.05, 0) is 24.3 Å². The van der Waals surface area contributed by atoms with Crippen molar-refractivity contribution in [2.75, 3.05) is 0 Å². The third-order valence-corrected chi connectivity index (χ3v) is 3.15. The third-order valence-electron chi connectivity index (χ3n) is 2.49. The molecule has 0 saturated carbocycles. The summed E-state index contributed by atoms with van der Waals surface area (Å²) in [6.07, 6.45) is 0.901. The summed E-state index contributed by atoms with van der Waals surface area (Å²) >= 11 is 11.1. The minimum absolute atomic E-state index is 0.0653. The van der Waals surface area contributed by atoms with Crippen molar-refractivity contribution in [3.63, 3.8) is 0 Å². The lowest BCUT2D eigenvalue weighted by atomic mass is 10.2. The van der Waals surface area contributed by atoms with Crippen LogP contribution in [0.2, 0.25) is 10.0 Å². The molecule has 0 radical (unpaired) electrons. The highest BCUT2D eigenvalue weighted by molar-refractivity contribution is 6.33. The molecule has 0 aromatic heterocycles. The molecule has 0 fully saturated rings. The highest BCUT2D eigenvalue weighted by Crippen LogP contribution is 2.25. The Morgan fingerprint density at radius 3 is 1.91 bits per heavy atom. The van der Waals surface area contributed by atoms with E-state index in [1.165, 1.54) is 24.3 Å². The molecular formula is C15H10Cl2F2O4. The number of aromatic hydroxyl groups is 1. The number of ether oxygens (including phenoxy) is 1. The van der Waals surface area contributed by atoms with Crippen molar-refractivity contribution in [1.29, 1.82) is 0 Å². The molecule has 2 aromatic rings. The number of hydrogen-bond donors (Lipinski definition) is 1. The van der Waals surface area contributed by atoms with Gasteiger partial charge in [0.25, 0.3) is 0 Å². The molecule has 8 heteroatoms. The maximum absolute atomic E-state index is 11.8. The van der Waals surface area contributed by atoms with Crippen molar-refractivity contribution >= 4 is 35.8 Å². The first-order valence-electron chi connectivity index (χ1n) is 6.01. The van der Waals surface area contributed by atoms with Gasteiger partial charge in [0.15, 0.2) is 12.6 Å². The lowest BCUT2D eigenvalue weighted by molar-refractivity contribution is -0.0500. The number of carbonyl (C=O) groups is 2. The molecule has 0 heterocycles. The van der Waals surface area contributed by atoms with E-state index in [-0.39, 0.29) is 32.7 Å². The standard InChI is InChI=1S/C8H5ClF2O2.C7H5ClO2/c9-6-2-1-3-7(5(6)4-12)13-8(10)11;8-6-2-1-3-7(10)5(6)4-9/h1-4,8H;1-4,10H. The van der Waals surface area contributed by atoms with Gasteiger partial charge in [0, 0.05) is 0 Å². The van der Waals surface area contributed by atoms with E-state index in [1.54, 1.807) is 12.1 Å². The molecule has 2 aromatic carbocycles. The van der Waals surface area contributed by atoms with Gasteiger partial charge in [-0.25, -0.2) is 0 Å². The number of alkyl halides is 2. The minimum atomic E-state index is -2.96. The van der Waals surface area contributed by atoms with Gasteiger partial charge >= 0.3 is 6.61 Å². The van der Waals surface area contributed by atoms with Crippen molar-refractivity contribution < 1.29 is 28.2 Å². The average Bonchev–Trinajstić information content (AvgIpc) is 2.48. The molecule has 0 aliphatic heterocycles. The van der Waals surface area contributed by atoms with Gasteiger partial charge in [-0.2, -0.15) is 8.78 Å². The zero-order chi connectivity index (χ0) is 17.4. The second-order valence-electron chi connectivity index (χ2n) is 3.94. The monoisotopic (exact) mass is 362 g/mol. The van der Waals surface area contributed by atoms with Gasteiger partial charge in [-0.1, -0.05) is 35.3 Å². The van der Waals surface area contributed by atoms with Crippen molar-refractivity contribution in [3.8, 4) is 11.5 Å². The normalized spacial score (nSPS) is 9.78. The van der Waals surface area contributed by atoms with E-state index in [0.717, 1.165) is 0 Å². The van der Waals surface area contributed by atoms with Crippen molar-refractivity contribution in [1.82, 2.24) is 0 Å². The van der Waals surface area contributed by atoms with Gasteiger partial charge < -0.3 is 9.84 Å². The van der Waals surface area contributed by atoms with Crippen LogP contribution in [-0.4, -0.2) is 24.3 Å². The first kappa shape index (κ1) is 18.9. The van der Waals surface area contributed by atoms with Crippen molar-refractivity contribution in [3.05, 3.63) is 57.6 Å². The molecule has 0 amide bonds. The number of rotatable bonds is 4. The van der Waals surface area contributed by atoms with E-state index < -0.39 is 6.61 Å². The fraction of sp³-hybridized carbons (Fsp3) is 0.0667. The molecule has 0 aliphatic rings. The van der Waals surface area contributed by atoms with Crippen LogP contribution < -0.4 is 4.74 Å². The first-order chi connectivity index (χ1) is 10.9. The van der Waals surface area contributed by atoms with Crippen LogP contribution in [0.25, 0.3) is 0 Å². The van der Waals surface area contributed by atoms with E-state index in [2.05, 4.69) is 4.74 Å². The topological polar surface area (TPSA) is 63.6 Å². The van der Waals surface area contributed by atoms with Crippen LogP contribution in [0.4, 0.5) is 8.78 Å². The van der Waals surface area contributed by atoms with Crippen molar-refractivity contribution in [2.45, 2.75) is 6.61 Å². The predicted octanol–water partition coefficient (Wildman–Crippen LogP) is 4.61. The maximum Gasteiger partial charge on any atom is 0.387 e. The number of phenolic OH excluding ortho intramolecular Hbond substituents is 1. The zero-order valence-electron chi connectivity index (χ0n) is 11.4. The molecule has 4 nitrogen and oxygen atoms in total. The van der Waals surface area contributed by atoms with E-state index >= 15 is 0 Å². The number of carbonyl (C=O) groups excluding carboxylic acids is 2. The summed E-state index contributed by atoms with van der Waals surface area (Å²) in [5, 5.41) is 9.34. The van der Waals surface area contributed by atoms with Crippen LogP contribution in [0.5, 0.6) is 11.5 Å². The number of aldehydes is 2. The molecule has 1 N–H and O–H groups in total. The lowest BCUT2D eigenvalue weighted by Gasteiger charge is -2.06. The van der Waals surface area contributed by atoms with Gasteiger partial charge in [0.1, 0.15) is 11.5 Å². The van der Waals surface area contributed by atoms with Crippen LogP contribution >= 0.6 is 23.2 Å². The molecule has 0 atom stereocenters. The summed E-state index contributed by atoms with van der Waals surface area (Å²) in [6.45, 7) is -2.96. The smallest absolute Gasteiger partial charge is 0.387 e. The first-order valence-corrected chi connectivity index (χ1v) is 6.77. The fourth-order valence-electron chi connectivity index (χ4n) is 1.47. The lowest BCUT2D eigenvalue weighted by Crippen LogP contribution is -2.04. The van der Waals surface area contributed by atoms with Gasteiger partial charge in [-0.15, -0.1) is 0 Å². The summed E-state index contributed by atoms with van der Waals surface area (Å²) in [7, 11) is 0. The zero-order valence-corrected chi connectivity index (χ0v) is 12.9. The van der Waals surface area contributed by atoms with E-state index in [9.17, 15) is 18.4 Å². The van der Waals surface area contributed by atoms with Crippen molar-refractivity contribution in [2.24, 2.45) is 0 Å². The number of benzene rings is 2. The molecular weight excluding hydrogens is 353 g/mol. The summed E-state index contributed by atoms with van der Waals surface area (Å²) in [6, 6.07) is 8.63. The summed E-state index contributed by atoms with van der Waals surface area (Å²) in [5.74, 6) is -0.292. The van der Waals surface area contributed by atoms with Crippen LogP contribution in [0.3, 0.4) is 0 Å². The Labute approximate surface area is 140 Å². The van der Waals surface area contributed by atoms with E-state index in [1.807, 2.05) is 0 Å². The molecule has 0 aliphatic carbocycles. The molecule has 122 valence electrons. The number of hydrogen-bond acceptors (Lipinski definition) is 4. The number of phenols is 1. The molecule has 23 heavy (non-hydrogen) atoms. The second kappa shape index (κ2) is 9.07.